The van der Waals surface area contributed by atoms with Crippen LogP contribution in [0.3, 0.4) is 0 Å². The van der Waals surface area contributed by atoms with Crippen LogP contribution in [0.2, 0.25) is 0 Å². The van der Waals surface area contributed by atoms with Gasteiger partial charge in [-0.25, -0.2) is 0 Å². The zero-order valence-corrected chi connectivity index (χ0v) is 11.8. The molecule has 1 aromatic rings. The van der Waals surface area contributed by atoms with Crippen LogP contribution in [0.15, 0.2) is 17.5 Å². The Morgan fingerprint density at radius 1 is 1.44 bits per heavy atom. The third kappa shape index (κ3) is 5.47. The number of thiophene rings is 1. The Balaban J connectivity index is 2.23. The smallest absolute Gasteiger partial charge is 0.166 e. The largest absolute Gasteiger partial charge is 0.362 e. The molecule has 1 heterocycles. The van der Waals surface area contributed by atoms with Crippen molar-refractivity contribution >= 4 is 28.7 Å². The Kier molecular flexibility index (Phi) is 5.77. The monoisotopic (exact) mass is 256 g/mol. The van der Waals surface area contributed by atoms with E-state index in [-0.39, 0.29) is 0 Å². The van der Waals surface area contributed by atoms with Gasteiger partial charge in [-0.1, -0.05) is 19.9 Å². The first kappa shape index (κ1) is 13.5. The molecule has 1 unspecified atom stereocenters. The average molecular weight is 256 g/mol. The molecule has 0 saturated carbocycles. The second-order valence-electron chi connectivity index (χ2n) is 4.43. The highest BCUT2D eigenvalue weighted by Gasteiger charge is 2.06. The number of rotatable bonds is 5. The molecule has 0 saturated heterocycles. The van der Waals surface area contributed by atoms with Crippen molar-refractivity contribution < 1.29 is 0 Å². The normalized spacial score (nSPS) is 12.5. The summed E-state index contributed by atoms with van der Waals surface area (Å²) in [4.78, 5) is 1.40. The van der Waals surface area contributed by atoms with Gasteiger partial charge in [-0.05, 0) is 36.5 Å². The fourth-order valence-corrected chi connectivity index (χ4v) is 2.47. The summed E-state index contributed by atoms with van der Waals surface area (Å²) < 4.78 is 0. The van der Waals surface area contributed by atoms with Crippen LogP contribution in [-0.2, 0) is 6.42 Å². The van der Waals surface area contributed by atoms with Crippen molar-refractivity contribution in [3.63, 3.8) is 0 Å². The van der Waals surface area contributed by atoms with Crippen molar-refractivity contribution in [3.05, 3.63) is 22.4 Å². The predicted octanol–water partition coefficient (Wildman–Crippen LogP) is 2.80. The van der Waals surface area contributed by atoms with E-state index in [1.54, 1.807) is 11.3 Å². The topological polar surface area (TPSA) is 24.1 Å². The van der Waals surface area contributed by atoms with Gasteiger partial charge >= 0.3 is 0 Å². The molecule has 0 aliphatic rings. The number of hydrogen-bond donors (Lipinski definition) is 2. The summed E-state index contributed by atoms with van der Waals surface area (Å²) in [5.74, 6) is 0.618. The minimum atomic E-state index is 0.380. The van der Waals surface area contributed by atoms with Gasteiger partial charge in [0.1, 0.15) is 0 Å². The molecule has 2 N–H and O–H groups in total. The van der Waals surface area contributed by atoms with Gasteiger partial charge in [-0.3, -0.25) is 0 Å². The van der Waals surface area contributed by atoms with E-state index in [1.165, 1.54) is 4.88 Å². The Labute approximate surface area is 107 Å². The van der Waals surface area contributed by atoms with E-state index in [1.807, 2.05) is 0 Å². The third-order valence-corrected chi connectivity index (χ3v) is 3.30. The van der Waals surface area contributed by atoms with Gasteiger partial charge in [0.25, 0.3) is 0 Å². The van der Waals surface area contributed by atoms with Gasteiger partial charge in [0.05, 0.1) is 0 Å². The van der Waals surface area contributed by atoms with E-state index in [0.717, 1.165) is 18.1 Å². The summed E-state index contributed by atoms with van der Waals surface area (Å²) >= 11 is 7.02. The van der Waals surface area contributed by atoms with E-state index in [2.05, 4.69) is 48.9 Å². The quantitative estimate of drug-likeness (QED) is 0.792. The molecule has 0 spiro atoms. The molecule has 0 aliphatic carbocycles. The van der Waals surface area contributed by atoms with E-state index in [4.69, 9.17) is 12.2 Å². The highest BCUT2D eigenvalue weighted by atomic mass is 32.1. The maximum absolute atomic E-state index is 5.23. The van der Waals surface area contributed by atoms with Crippen LogP contribution < -0.4 is 10.6 Å². The fourth-order valence-electron chi connectivity index (χ4n) is 1.35. The van der Waals surface area contributed by atoms with Gasteiger partial charge in [0, 0.05) is 23.9 Å². The summed E-state index contributed by atoms with van der Waals surface area (Å²) in [7, 11) is 0. The van der Waals surface area contributed by atoms with Crippen LogP contribution in [0, 0.1) is 5.92 Å². The molecule has 0 aliphatic heterocycles. The van der Waals surface area contributed by atoms with Crippen molar-refractivity contribution in [1.29, 1.82) is 0 Å². The zero-order valence-electron chi connectivity index (χ0n) is 10.1. The zero-order chi connectivity index (χ0) is 12.0. The Morgan fingerprint density at radius 2 is 2.19 bits per heavy atom. The second-order valence-corrected chi connectivity index (χ2v) is 5.87. The van der Waals surface area contributed by atoms with Gasteiger partial charge in [0.2, 0.25) is 0 Å². The van der Waals surface area contributed by atoms with E-state index in [0.29, 0.717) is 12.0 Å². The first-order valence-electron chi connectivity index (χ1n) is 5.64. The minimum Gasteiger partial charge on any atom is -0.362 e. The lowest BCUT2D eigenvalue weighted by molar-refractivity contribution is 0.601. The van der Waals surface area contributed by atoms with Gasteiger partial charge in [0.15, 0.2) is 5.11 Å². The highest BCUT2D eigenvalue weighted by Crippen LogP contribution is 2.10. The van der Waals surface area contributed by atoms with Crippen molar-refractivity contribution in [2.24, 2.45) is 5.92 Å². The van der Waals surface area contributed by atoms with Crippen molar-refractivity contribution in [2.45, 2.75) is 33.2 Å². The van der Waals surface area contributed by atoms with Crippen molar-refractivity contribution in [1.82, 2.24) is 10.6 Å². The van der Waals surface area contributed by atoms with Crippen LogP contribution >= 0.6 is 23.6 Å². The summed E-state index contributed by atoms with van der Waals surface area (Å²) in [6, 6.07) is 4.63. The minimum absolute atomic E-state index is 0.380. The van der Waals surface area contributed by atoms with Crippen molar-refractivity contribution in [3.8, 4) is 0 Å². The lowest BCUT2D eigenvalue weighted by atomic mass is 10.2. The molecule has 2 nitrogen and oxygen atoms in total. The molecule has 0 aromatic carbocycles. The highest BCUT2D eigenvalue weighted by molar-refractivity contribution is 7.80. The lowest BCUT2D eigenvalue weighted by Gasteiger charge is -2.17. The molecule has 0 bridgehead atoms. The summed E-state index contributed by atoms with van der Waals surface area (Å²) in [6.45, 7) is 7.43. The number of thiocarbonyl (C=S) groups is 1. The van der Waals surface area contributed by atoms with Crippen LogP contribution in [0.5, 0.6) is 0 Å². The van der Waals surface area contributed by atoms with E-state index in [9.17, 15) is 0 Å². The molecule has 1 atom stereocenters. The number of nitrogens with one attached hydrogen (secondary N) is 2. The van der Waals surface area contributed by atoms with Gasteiger partial charge in [-0.15, -0.1) is 11.3 Å². The van der Waals surface area contributed by atoms with Crippen LogP contribution in [0.1, 0.15) is 25.6 Å². The maximum Gasteiger partial charge on any atom is 0.166 e. The number of hydrogen-bond acceptors (Lipinski definition) is 2. The summed E-state index contributed by atoms with van der Waals surface area (Å²) in [5.41, 5.74) is 0. The van der Waals surface area contributed by atoms with Crippen LogP contribution in [0.4, 0.5) is 0 Å². The van der Waals surface area contributed by atoms with Crippen LogP contribution in [0.25, 0.3) is 0 Å². The molecular weight excluding hydrogens is 236 g/mol. The van der Waals surface area contributed by atoms with Crippen molar-refractivity contribution in [2.75, 3.05) is 6.54 Å². The SMILES string of the molecule is CC(C)CNC(=S)NC(C)Cc1cccs1. The van der Waals surface area contributed by atoms with Gasteiger partial charge in [-0.2, -0.15) is 0 Å². The first-order chi connectivity index (χ1) is 7.58. The van der Waals surface area contributed by atoms with E-state index < -0.39 is 0 Å². The molecular formula is C12H20N2S2. The molecule has 1 rings (SSSR count). The maximum atomic E-state index is 5.23. The predicted molar refractivity (Wildman–Crippen MR) is 76.1 cm³/mol. The third-order valence-electron chi connectivity index (χ3n) is 2.14. The summed E-state index contributed by atoms with van der Waals surface area (Å²) in [6.07, 6.45) is 1.03. The first-order valence-corrected chi connectivity index (χ1v) is 6.93. The fraction of sp³-hybridized carbons (Fsp3) is 0.583. The molecule has 0 amide bonds. The lowest BCUT2D eigenvalue weighted by Crippen LogP contribution is -2.42. The Hall–Kier alpha value is -0.610. The van der Waals surface area contributed by atoms with Crippen LogP contribution in [-0.4, -0.2) is 17.7 Å². The molecule has 0 fully saturated rings. The molecule has 16 heavy (non-hydrogen) atoms. The molecule has 90 valence electrons. The molecule has 4 heteroatoms. The average Bonchev–Trinajstić information content (AvgIpc) is 2.67. The van der Waals surface area contributed by atoms with E-state index >= 15 is 0 Å². The molecule has 1 aromatic heterocycles. The Morgan fingerprint density at radius 3 is 2.75 bits per heavy atom. The summed E-state index contributed by atoms with van der Waals surface area (Å²) in [5, 5.41) is 9.39. The second kappa shape index (κ2) is 6.86. The molecule has 0 radical (unpaired) electrons. The standard InChI is InChI=1S/C12H20N2S2/c1-9(2)8-13-12(15)14-10(3)7-11-5-4-6-16-11/h4-6,9-10H,7-8H2,1-3H3,(H2,13,14,15). The van der Waals surface area contributed by atoms with Gasteiger partial charge < -0.3 is 10.6 Å². The Bertz CT molecular complexity index is 307.